The summed E-state index contributed by atoms with van der Waals surface area (Å²) < 4.78 is 0. The molecule has 4 amide bonds. The smallest absolute Gasteiger partial charge is 0.293 e. The van der Waals surface area contributed by atoms with E-state index in [1.807, 2.05) is 0 Å². The van der Waals surface area contributed by atoms with Crippen LogP contribution in [0.3, 0.4) is 0 Å². The molecule has 6 nitrogen and oxygen atoms in total. The van der Waals surface area contributed by atoms with Crippen LogP contribution < -0.4 is 0 Å². The van der Waals surface area contributed by atoms with Gasteiger partial charge in [-0.25, -0.2) is 4.79 Å². The van der Waals surface area contributed by atoms with E-state index in [0.717, 1.165) is 89.9 Å². The van der Waals surface area contributed by atoms with Gasteiger partial charge < -0.3 is 0 Å². The van der Waals surface area contributed by atoms with Gasteiger partial charge in [-0.2, -0.15) is 0 Å². The molecular formula is C24H37N3O3. The molecule has 3 aliphatic carbocycles. The summed E-state index contributed by atoms with van der Waals surface area (Å²) in [6.07, 6.45) is 18.4. The summed E-state index contributed by atoms with van der Waals surface area (Å²) in [7, 11) is 0. The number of urea groups is 1. The number of nitrogens with zero attached hydrogens (tertiary/aromatic N) is 3. The molecule has 3 saturated carbocycles. The molecule has 0 N–H and O–H groups in total. The van der Waals surface area contributed by atoms with Crippen molar-refractivity contribution in [1.29, 1.82) is 0 Å². The monoisotopic (exact) mass is 415 g/mol. The van der Waals surface area contributed by atoms with Crippen molar-refractivity contribution in [2.75, 3.05) is 0 Å². The molecule has 4 aliphatic rings. The Kier molecular flexibility index (Phi) is 7.21. The van der Waals surface area contributed by atoms with Crippen molar-refractivity contribution >= 4 is 24.1 Å². The Morgan fingerprint density at radius 2 is 1.00 bits per heavy atom. The van der Waals surface area contributed by atoms with Crippen LogP contribution in [0.4, 0.5) is 4.79 Å². The van der Waals surface area contributed by atoms with Gasteiger partial charge in [0, 0.05) is 24.3 Å². The first-order valence-electron chi connectivity index (χ1n) is 12.4. The van der Waals surface area contributed by atoms with Crippen LogP contribution in [-0.2, 0) is 9.59 Å². The lowest BCUT2D eigenvalue weighted by molar-refractivity contribution is -0.149. The maximum absolute atomic E-state index is 13.4. The van der Waals surface area contributed by atoms with Gasteiger partial charge in [-0.15, -0.1) is 0 Å². The van der Waals surface area contributed by atoms with E-state index in [1.165, 1.54) is 22.6 Å². The Hall–Kier alpha value is -1.72. The van der Waals surface area contributed by atoms with E-state index in [0.29, 0.717) is 0 Å². The Morgan fingerprint density at radius 1 is 0.600 bits per heavy atom. The van der Waals surface area contributed by atoms with Gasteiger partial charge in [-0.3, -0.25) is 24.4 Å². The predicted molar refractivity (Wildman–Crippen MR) is 116 cm³/mol. The van der Waals surface area contributed by atoms with Gasteiger partial charge in [-0.05, 0) is 38.5 Å². The van der Waals surface area contributed by atoms with Gasteiger partial charge in [0.15, 0.2) is 5.92 Å². The molecule has 6 heteroatoms. The molecule has 0 aromatic carbocycles. The van der Waals surface area contributed by atoms with Crippen molar-refractivity contribution in [2.24, 2.45) is 10.9 Å². The van der Waals surface area contributed by atoms with Gasteiger partial charge in [0.1, 0.15) is 0 Å². The van der Waals surface area contributed by atoms with Crippen molar-refractivity contribution in [1.82, 2.24) is 9.80 Å². The molecule has 0 aromatic rings. The first-order chi connectivity index (χ1) is 14.7. The fraction of sp³-hybridized carbons (Fsp3) is 0.833. The van der Waals surface area contributed by atoms with E-state index in [4.69, 9.17) is 4.99 Å². The molecule has 166 valence electrons. The second-order valence-electron chi connectivity index (χ2n) is 9.70. The summed E-state index contributed by atoms with van der Waals surface area (Å²) in [5.41, 5.74) is 0. The highest BCUT2D eigenvalue weighted by molar-refractivity contribution is 6.23. The van der Waals surface area contributed by atoms with Crippen LogP contribution in [0.1, 0.15) is 103 Å². The van der Waals surface area contributed by atoms with Gasteiger partial charge in [-0.1, -0.05) is 64.2 Å². The topological polar surface area (TPSA) is 70.0 Å². The average Bonchev–Trinajstić information content (AvgIpc) is 3.04. The van der Waals surface area contributed by atoms with Crippen LogP contribution in [0.15, 0.2) is 4.99 Å². The lowest BCUT2D eigenvalue weighted by Gasteiger charge is -2.44. The minimum atomic E-state index is -0.921. The van der Waals surface area contributed by atoms with E-state index in [1.54, 1.807) is 6.21 Å². The molecule has 4 rings (SSSR count). The molecule has 1 saturated heterocycles. The minimum absolute atomic E-state index is 0.0632. The molecule has 30 heavy (non-hydrogen) atoms. The number of aliphatic imine (C=N–C) groups is 1. The normalized spacial score (nSPS) is 27.3. The Balaban J connectivity index is 1.58. The average molecular weight is 416 g/mol. The molecule has 0 atom stereocenters. The predicted octanol–water partition coefficient (Wildman–Crippen LogP) is 4.85. The van der Waals surface area contributed by atoms with Crippen molar-refractivity contribution in [3.05, 3.63) is 0 Å². The van der Waals surface area contributed by atoms with Crippen LogP contribution in [0.2, 0.25) is 0 Å². The summed E-state index contributed by atoms with van der Waals surface area (Å²) in [5, 5.41) is 0. The molecule has 1 aliphatic heterocycles. The number of carbonyl (C=O) groups excluding carboxylic acids is 3. The Labute approximate surface area is 180 Å². The largest absolute Gasteiger partial charge is 0.333 e. The number of hydrogen-bond donors (Lipinski definition) is 0. The zero-order valence-electron chi connectivity index (χ0n) is 18.3. The summed E-state index contributed by atoms with van der Waals surface area (Å²) in [4.78, 5) is 47.8. The van der Waals surface area contributed by atoms with Crippen molar-refractivity contribution in [2.45, 2.75) is 121 Å². The molecule has 0 bridgehead atoms. The van der Waals surface area contributed by atoms with Crippen LogP contribution >= 0.6 is 0 Å². The Bertz CT molecular complexity index is 617. The number of barbiturate groups is 1. The third-order valence-corrected chi connectivity index (χ3v) is 7.57. The highest BCUT2D eigenvalue weighted by Crippen LogP contribution is 2.32. The number of rotatable bonds is 4. The fourth-order valence-corrected chi connectivity index (χ4v) is 5.80. The van der Waals surface area contributed by atoms with E-state index >= 15 is 0 Å². The van der Waals surface area contributed by atoms with Gasteiger partial charge in [0.05, 0.1) is 0 Å². The number of hydrogen-bond acceptors (Lipinski definition) is 4. The highest BCUT2D eigenvalue weighted by Gasteiger charge is 2.50. The van der Waals surface area contributed by atoms with Crippen LogP contribution in [0.5, 0.6) is 0 Å². The summed E-state index contributed by atoms with van der Waals surface area (Å²) in [5.74, 6) is -1.59. The molecule has 0 spiro atoms. The van der Waals surface area contributed by atoms with Crippen LogP contribution in [0, 0.1) is 5.92 Å². The fourth-order valence-electron chi connectivity index (χ4n) is 5.80. The number of amides is 4. The zero-order valence-corrected chi connectivity index (χ0v) is 18.3. The Morgan fingerprint density at radius 3 is 1.47 bits per heavy atom. The maximum Gasteiger partial charge on any atom is 0.333 e. The molecule has 0 aromatic heterocycles. The van der Waals surface area contributed by atoms with Crippen molar-refractivity contribution in [3.8, 4) is 0 Å². The lowest BCUT2D eigenvalue weighted by atomic mass is 9.89. The summed E-state index contributed by atoms with van der Waals surface area (Å²) in [6.45, 7) is 0. The third kappa shape index (κ3) is 4.62. The number of imide groups is 2. The second-order valence-corrected chi connectivity index (χ2v) is 9.70. The van der Waals surface area contributed by atoms with E-state index < -0.39 is 5.92 Å². The zero-order chi connectivity index (χ0) is 20.9. The molecule has 4 fully saturated rings. The third-order valence-electron chi connectivity index (χ3n) is 7.57. The van der Waals surface area contributed by atoms with E-state index in [2.05, 4.69) is 0 Å². The maximum atomic E-state index is 13.4. The van der Waals surface area contributed by atoms with Crippen molar-refractivity contribution < 1.29 is 14.4 Å². The molecule has 1 heterocycles. The summed E-state index contributed by atoms with van der Waals surface area (Å²) >= 11 is 0. The van der Waals surface area contributed by atoms with E-state index in [-0.39, 0.29) is 36.0 Å². The second kappa shape index (κ2) is 10.1. The van der Waals surface area contributed by atoms with Crippen LogP contribution in [-0.4, -0.2) is 52.0 Å². The van der Waals surface area contributed by atoms with Gasteiger partial charge in [0.25, 0.3) is 0 Å². The highest BCUT2D eigenvalue weighted by atomic mass is 16.2. The quantitative estimate of drug-likeness (QED) is 0.374. The minimum Gasteiger partial charge on any atom is -0.293 e. The lowest BCUT2D eigenvalue weighted by Crippen LogP contribution is -2.65. The van der Waals surface area contributed by atoms with Crippen molar-refractivity contribution in [3.63, 3.8) is 0 Å². The summed E-state index contributed by atoms with van der Waals surface area (Å²) in [6, 6.07) is -0.279. The van der Waals surface area contributed by atoms with Gasteiger partial charge >= 0.3 is 6.03 Å². The van der Waals surface area contributed by atoms with Gasteiger partial charge in [0.2, 0.25) is 11.8 Å². The molecule has 0 unspecified atom stereocenters. The van der Waals surface area contributed by atoms with E-state index in [9.17, 15) is 14.4 Å². The first-order valence-corrected chi connectivity index (χ1v) is 12.4. The molecular weight excluding hydrogens is 378 g/mol. The molecule has 0 radical (unpaired) electrons. The standard InChI is InChI=1S/C24H37N3O3/c28-22-21(17-25-18-11-5-1-2-6-12-18)23(29)27(20-15-9-4-10-16-20)24(30)26(22)19-13-7-3-8-14-19/h17-21H,1-16H2. The van der Waals surface area contributed by atoms with Crippen LogP contribution in [0.25, 0.3) is 0 Å². The number of carbonyl (C=O) groups is 3. The SMILES string of the molecule is O=C1C(C=NC2CCCCCC2)C(=O)N(C2CCCCC2)C(=O)N1C1CCCCC1. The first kappa shape index (κ1) is 21.5.